The van der Waals surface area contributed by atoms with Crippen molar-refractivity contribution >= 4 is 26.0 Å². The molecular formula is C13H18BrFN2O3S. The lowest BCUT2D eigenvalue weighted by atomic mass is 10.2. The molecule has 1 aliphatic heterocycles. The zero-order valence-corrected chi connectivity index (χ0v) is 14.2. The lowest BCUT2D eigenvalue weighted by molar-refractivity contribution is -0.0441. The van der Waals surface area contributed by atoms with Gasteiger partial charge in [0.2, 0.25) is 10.0 Å². The fourth-order valence-electron chi connectivity index (χ4n) is 2.42. The predicted octanol–water partition coefficient (Wildman–Crippen LogP) is 1.84. The highest BCUT2D eigenvalue weighted by Gasteiger charge is 2.34. The van der Waals surface area contributed by atoms with Gasteiger partial charge < -0.3 is 10.5 Å². The summed E-state index contributed by atoms with van der Waals surface area (Å²) in [4.78, 5) is -0.348. The van der Waals surface area contributed by atoms with E-state index >= 15 is 0 Å². The van der Waals surface area contributed by atoms with Gasteiger partial charge in [0.1, 0.15) is 10.7 Å². The summed E-state index contributed by atoms with van der Waals surface area (Å²) in [7, 11) is -3.92. The SMILES string of the molecule is C[C@@H]1CN(S(=O)(=O)c2cc(Br)cc(CN)c2F)C[C@H](C)O1. The molecule has 0 aliphatic carbocycles. The Morgan fingerprint density at radius 3 is 2.48 bits per heavy atom. The van der Waals surface area contributed by atoms with Crippen LogP contribution in [0.15, 0.2) is 21.5 Å². The standard InChI is InChI=1S/C13H18BrFN2O3S/c1-8-6-17(7-9(2)20-8)21(18,19)12-4-11(14)3-10(5-16)13(12)15/h3-4,8-9H,5-7,16H2,1-2H3/t8-,9+. The second kappa shape index (κ2) is 6.29. The van der Waals surface area contributed by atoms with E-state index in [1.165, 1.54) is 16.4 Å². The molecule has 1 fully saturated rings. The number of ether oxygens (including phenoxy) is 1. The Hall–Kier alpha value is -0.540. The van der Waals surface area contributed by atoms with E-state index < -0.39 is 15.8 Å². The normalized spacial score (nSPS) is 24.2. The highest BCUT2D eigenvalue weighted by Crippen LogP contribution is 2.28. The van der Waals surface area contributed by atoms with Gasteiger partial charge in [-0.15, -0.1) is 0 Å². The number of rotatable bonds is 3. The molecule has 1 saturated heterocycles. The van der Waals surface area contributed by atoms with Crippen molar-refractivity contribution < 1.29 is 17.5 Å². The predicted molar refractivity (Wildman–Crippen MR) is 80.8 cm³/mol. The summed E-state index contributed by atoms with van der Waals surface area (Å²) in [6, 6.07) is 2.76. The molecule has 1 heterocycles. The summed E-state index contributed by atoms with van der Waals surface area (Å²) in [5, 5.41) is 0. The average Bonchev–Trinajstić information content (AvgIpc) is 2.39. The van der Waals surface area contributed by atoms with E-state index in [4.69, 9.17) is 10.5 Å². The topological polar surface area (TPSA) is 72.6 Å². The lowest BCUT2D eigenvalue weighted by Crippen LogP contribution is -2.48. The number of halogens is 2. The van der Waals surface area contributed by atoms with Gasteiger partial charge in [-0.3, -0.25) is 0 Å². The molecule has 5 nitrogen and oxygen atoms in total. The van der Waals surface area contributed by atoms with Gasteiger partial charge in [0.05, 0.1) is 12.2 Å². The number of hydrogen-bond acceptors (Lipinski definition) is 4. The van der Waals surface area contributed by atoms with E-state index in [9.17, 15) is 12.8 Å². The average molecular weight is 381 g/mol. The molecule has 0 spiro atoms. The maximum Gasteiger partial charge on any atom is 0.246 e. The summed E-state index contributed by atoms with van der Waals surface area (Å²) in [6.45, 7) is 3.93. The molecule has 2 atom stereocenters. The molecule has 0 bridgehead atoms. The van der Waals surface area contributed by atoms with Crippen LogP contribution in [0.5, 0.6) is 0 Å². The molecule has 2 rings (SSSR count). The van der Waals surface area contributed by atoms with Gasteiger partial charge in [0, 0.05) is 29.7 Å². The molecule has 2 N–H and O–H groups in total. The second-order valence-corrected chi connectivity index (χ2v) is 7.98. The molecule has 0 saturated carbocycles. The van der Waals surface area contributed by atoms with Gasteiger partial charge in [0.25, 0.3) is 0 Å². The van der Waals surface area contributed by atoms with Gasteiger partial charge in [0.15, 0.2) is 0 Å². The highest BCUT2D eigenvalue weighted by molar-refractivity contribution is 9.10. The van der Waals surface area contributed by atoms with Gasteiger partial charge in [-0.1, -0.05) is 15.9 Å². The van der Waals surface area contributed by atoms with Crippen molar-refractivity contribution in [2.45, 2.75) is 37.5 Å². The molecule has 1 aromatic rings. The third kappa shape index (κ3) is 3.45. The Kier molecular flexibility index (Phi) is 5.04. The van der Waals surface area contributed by atoms with Crippen LogP contribution in [0.1, 0.15) is 19.4 Å². The number of nitrogens with two attached hydrogens (primary N) is 1. The van der Waals surface area contributed by atoms with Crippen LogP contribution in [0.2, 0.25) is 0 Å². The lowest BCUT2D eigenvalue weighted by Gasteiger charge is -2.34. The van der Waals surface area contributed by atoms with E-state index in [0.717, 1.165) is 0 Å². The molecule has 0 aromatic heterocycles. The first-order valence-corrected chi connectivity index (χ1v) is 8.82. The first-order chi connectivity index (χ1) is 9.75. The largest absolute Gasteiger partial charge is 0.373 e. The third-order valence-electron chi connectivity index (χ3n) is 3.30. The summed E-state index contributed by atoms with van der Waals surface area (Å²) < 4.78 is 47.0. The number of hydrogen-bond donors (Lipinski definition) is 1. The molecule has 8 heteroatoms. The fourth-order valence-corrected chi connectivity index (χ4v) is 4.80. The highest BCUT2D eigenvalue weighted by atomic mass is 79.9. The Bertz CT molecular complexity index is 629. The van der Waals surface area contributed by atoms with Crippen molar-refractivity contribution in [1.29, 1.82) is 0 Å². The zero-order valence-electron chi connectivity index (χ0n) is 11.8. The van der Waals surface area contributed by atoms with Crippen LogP contribution in [0, 0.1) is 5.82 Å². The van der Waals surface area contributed by atoms with Crippen LogP contribution in [-0.4, -0.2) is 38.0 Å². The van der Waals surface area contributed by atoms with Crippen molar-refractivity contribution in [3.63, 3.8) is 0 Å². The van der Waals surface area contributed by atoms with Crippen molar-refractivity contribution in [3.05, 3.63) is 28.0 Å². The van der Waals surface area contributed by atoms with Crippen LogP contribution < -0.4 is 5.73 Å². The van der Waals surface area contributed by atoms with Gasteiger partial charge in [-0.05, 0) is 26.0 Å². The first-order valence-electron chi connectivity index (χ1n) is 6.59. The van der Waals surface area contributed by atoms with E-state index in [0.29, 0.717) is 4.47 Å². The van der Waals surface area contributed by atoms with Crippen LogP contribution >= 0.6 is 15.9 Å². The number of sulfonamides is 1. The second-order valence-electron chi connectivity index (χ2n) is 5.16. The molecular weight excluding hydrogens is 363 g/mol. The first kappa shape index (κ1) is 16.8. The minimum atomic E-state index is -3.92. The Labute approximate surface area is 132 Å². The molecule has 0 unspecified atom stereocenters. The fraction of sp³-hybridized carbons (Fsp3) is 0.538. The van der Waals surface area contributed by atoms with Crippen LogP contribution in [0.25, 0.3) is 0 Å². The maximum atomic E-state index is 14.4. The molecule has 0 amide bonds. The third-order valence-corrected chi connectivity index (χ3v) is 5.59. The van der Waals surface area contributed by atoms with E-state index in [-0.39, 0.29) is 42.3 Å². The minimum absolute atomic E-state index is 0.0658. The van der Waals surface area contributed by atoms with Crippen molar-refractivity contribution in [2.75, 3.05) is 13.1 Å². The van der Waals surface area contributed by atoms with Crippen LogP contribution in [-0.2, 0) is 21.3 Å². The van der Waals surface area contributed by atoms with Crippen LogP contribution in [0.3, 0.4) is 0 Å². The molecule has 1 aliphatic rings. The quantitative estimate of drug-likeness (QED) is 0.868. The van der Waals surface area contributed by atoms with Gasteiger partial charge in [-0.25, -0.2) is 12.8 Å². The van der Waals surface area contributed by atoms with Crippen LogP contribution in [0.4, 0.5) is 4.39 Å². The monoisotopic (exact) mass is 380 g/mol. The smallest absolute Gasteiger partial charge is 0.246 e. The number of morpholine rings is 1. The molecule has 21 heavy (non-hydrogen) atoms. The van der Waals surface area contributed by atoms with Gasteiger partial charge in [-0.2, -0.15) is 4.31 Å². The van der Waals surface area contributed by atoms with Crippen molar-refractivity contribution in [3.8, 4) is 0 Å². The maximum absolute atomic E-state index is 14.4. The Balaban J connectivity index is 2.47. The van der Waals surface area contributed by atoms with Crippen molar-refractivity contribution in [1.82, 2.24) is 4.31 Å². The zero-order chi connectivity index (χ0) is 15.8. The molecule has 118 valence electrons. The van der Waals surface area contributed by atoms with E-state index in [2.05, 4.69) is 15.9 Å². The van der Waals surface area contributed by atoms with Gasteiger partial charge >= 0.3 is 0 Å². The number of nitrogens with zero attached hydrogens (tertiary/aromatic N) is 1. The molecule has 0 radical (unpaired) electrons. The summed E-state index contributed by atoms with van der Waals surface area (Å²) in [5.41, 5.74) is 5.63. The Morgan fingerprint density at radius 1 is 1.38 bits per heavy atom. The number of benzene rings is 1. The van der Waals surface area contributed by atoms with Crippen molar-refractivity contribution in [2.24, 2.45) is 5.73 Å². The van der Waals surface area contributed by atoms with E-state index in [1.54, 1.807) is 13.8 Å². The minimum Gasteiger partial charge on any atom is -0.373 e. The summed E-state index contributed by atoms with van der Waals surface area (Å²) in [5.74, 6) is -0.785. The summed E-state index contributed by atoms with van der Waals surface area (Å²) in [6.07, 6.45) is -0.458. The summed E-state index contributed by atoms with van der Waals surface area (Å²) >= 11 is 3.20. The Morgan fingerprint density at radius 2 is 1.95 bits per heavy atom. The van der Waals surface area contributed by atoms with E-state index in [1.807, 2.05) is 0 Å². The molecule has 1 aromatic carbocycles.